The van der Waals surface area contributed by atoms with E-state index in [0.717, 1.165) is 38.6 Å². The maximum atomic E-state index is 15.0. The third-order valence-electron chi connectivity index (χ3n) is 7.32. The third kappa shape index (κ3) is 3.33. The summed E-state index contributed by atoms with van der Waals surface area (Å²) in [5.74, 6) is 0.305. The van der Waals surface area contributed by atoms with E-state index in [-0.39, 0.29) is 29.6 Å². The molecule has 3 aliphatic heterocycles. The van der Waals surface area contributed by atoms with Crippen LogP contribution < -0.4 is 9.64 Å². The van der Waals surface area contributed by atoms with Crippen molar-refractivity contribution in [2.75, 3.05) is 31.1 Å². The number of fused-ring (bicyclic) bond motifs is 3. The highest BCUT2D eigenvalue weighted by Gasteiger charge is 2.49. The van der Waals surface area contributed by atoms with Gasteiger partial charge in [-0.2, -0.15) is 9.97 Å². The monoisotopic (exact) mass is 451 g/mol. The molecule has 31 heavy (non-hydrogen) atoms. The molecule has 6 nitrogen and oxygen atoms in total. The second kappa shape index (κ2) is 7.37. The Morgan fingerprint density at radius 2 is 2.19 bits per heavy atom. The van der Waals surface area contributed by atoms with E-state index in [1.807, 2.05) is 4.90 Å². The molecule has 5 heterocycles. The highest BCUT2D eigenvalue weighted by molar-refractivity contribution is 6.30. The van der Waals surface area contributed by atoms with E-state index >= 15 is 4.39 Å². The number of pyridine rings is 1. The minimum atomic E-state index is -2.25. The molecular formula is C22H26ClF2N5O. The Balaban J connectivity index is 1.43. The van der Waals surface area contributed by atoms with E-state index in [4.69, 9.17) is 19.1 Å². The molecule has 0 spiro atoms. The minimum Gasteiger partial charge on any atom is -0.461 e. The Hall–Kier alpha value is -1.80. The normalized spacial score (nSPS) is 34.2. The highest BCUT2D eigenvalue weighted by atomic mass is 35.5. The smallest absolute Gasteiger partial charge is 0.319 e. The van der Waals surface area contributed by atoms with Crippen LogP contribution in [0.5, 0.6) is 6.01 Å². The van der Waals surface area contributed by atoms with E-state index in [1.54, 1.807) is 0 Å². The van der Waals surface area contributed by atoms with Crippen LogP contribution in [0.3, 0.4) is 0 Å². The summed E-state index contributed by atoms with van der Waals surface area (Å²) in [6.07, 6.45) is 6.03. The molecule has 3 saturated heterocycles. The van der Waals surface area contributed by atoms with Crippen LogP contribution in [-0.4, -0.2) is 63.8 Å². The molecule has 2 unspecified atom stereocenters. The molecule has 6 rings (SSSR count). The largest absolute Gasteiger partial charge is 0.461 e. The molecule has 0 N–H and O–H groups in total. The van der Waals surface area contributed by atoms with Gasteiger partial charge in [-0.15, -0.1) is 0 Å². The number of hydrogen-bond donors (Lipinski definition) is 0. The Bertz CT molecular complexity index is 1110. The zero-order valence-corrected chi connectivity index (χ0v) is 17.9. The summed E-state index contributed by atoms with van der Waals surface area (Å²) in [6.45, 7) is -0.659. The first kappa shape index (κ1) is 17.7. The summed E-state index contributed by atoms with van der Waals surface area (Å²) in [4.78, 5) is 16.8. The summed E-state index contributed by atoms with van der Waals surface area (Å²) in [5, 5.41) is 0.126. The van der Waals surface area contributed by atoms with Crippen LogP contribution in [0, 0.1) is 11.7 Å². The van der Waals surface area contributed by atoms with E-state index < -0.39 is 24.1 Å². The van der Waals surface area contributed by atoms with E-state index in [1.165, 1.54) is 6.20 Å². The first-order valence-corrected chi connectivity index (χ1v) is 11.5. The summed E-state index contributed by atoms with van der Waals surface area (Å²) in [5.41, 5.74) is -1.12. The summed E-state index contributed by atoms with van der Waals surface area (Å²) < 4.78 is 52.6. The van der Waals surface area contributed by atoms with Crippen LogP contribution in [0.15, 0.2) is 6.20 Å². The average molecular weight is 452 g/mol. The molecule has 166 valence electrons. The lowest BCUT2D eigenvalue weighted by Crippen LogP contribution is -2.43. The first-order valence-electron chi connectivity index (χ1n) is 12.2. The first-order chi connectivity index (χ1) is 15.8. The van der Waals surface area contributed by atoms with Crippen molar-refractivity contribution in [1.29, 1.82) is 0 Å². The lowest BCUT2D eigenvalue weighted by molar-refractivity contribution is 0.107. The van der Waals surface area contributed by atoms with Crippen LogP contribution in [0.2, 0.25) is 5.15 Å². The number of anilines is 1. The van der Waals surface area contributed by atoms with Gasteiger partial charge in [-0.3, -0.25) is 4.90 Å². The van der Waals surface area contributed by atoms with Crippen LogP contribution >= 0.6 is 11.6 Å². The minimum absolute atomic E-state index is 0.0391. The molecule has 0 aromatic carbocycles. The number of halogens is 3. The second-order valence-electron chi connectivity index (χ2n) is 9.29. The molecule has 0 bridgehead atoms. The zero-order valence-electron chi connectivity index (χ0n) is 19.2. The van der Waals surface area contributed by atoms with Gasteiger partial charge >= 0.3 is 6.01 Å². The molecule has 2 aromatic rings. The molecule has 1 aliphatic carbocycles. The molecule has 2 aromatic heterocycles. The topological polar surface area (TPSA) is 54.4 Å². The molecule has 0 radical (unpaired) electrons. The van der Waals surface area contributed by atoms with E-state index in [9.17, 15) is 4.39 Å². The predicted molar refractivity (Wildman–Crippen MR) is 114 cm³/mol. The van der Waals surface area contributed by atoms with Crippen LogP contribution in [0.4, 0.5) is 14.6 Å². The van der Waals surface area contributed by atoms with Crippen molar-refractivity contribution in [2.24, 2.45) is 5.92 Å². The van der Waals surface area contributed by atoms with Gasteiger partial charge in [0.25, 0.3) is 0 Å². The fourth-order valence-electron chi connectivity index (χ4n) is 5.70. The number of hydrogen-bond acceptors (Lipinski definition) is 6. The second-order valence-corrected chi connectivity index (χ2v) is 9.65. The zero-order chi connectivity index (χ0) is 23.0. The van der Waals surface area contributed by atoms with Crippen molar-refractivity contribution in [1.82, 2.24) is 19.9 Å². The fraction of sp³-hybridized carbons (Fsp3) is 0.682. The number of nitrogens with zero attached hydrogens (tertiary/aromatic N) is 5. The number of rotatable bonds is 4. The predicted octanol–water partition coefficient (Wildman–Crippen LogP) is 4.15. The van der Waals surface area contributed by atoms with Crippen molar-refractivity contribution >= 4 is 28.3 Å². The number of alkyl halides is 1. The van der Waals surface area contributed by atoms with Crippen molar-refractivity contribution in [2.45, 2.75) is 62.7 Å². The Labute approximate surface area is 187 Å². The summed E-state index contributed by atoms with van der Waals surface area (Å²) in [7, 11) is 0. The number of ether oxygens (including phenoxy) is 1. The van der Waals surface area contributed by atoms with Crippen LogP contribution in [0.25, 0.3) is 10.9 Å². The lowest BCUT2D eigenvalue weighted by atomic mass is 9.95. The Morgan fingerprint density at radius 1 is 1.29 bits per heavy atom. The van der Waals surface area contributed by atoms with Gasteiger partial charge in [0.15, 0.2) is 11.0 Å². The molecule has 1 saturated carbocycles. The van der Waals surface area contributed by atoms with Gasteiger partial charge < -0.3 is 9.64 Å². The van der Waals surface area contributed by atoms with E-state index in [0.29, 0.717) is 36.1 Å². The number of aromatic nitrogens is 3. The average Bonchev–Trinajstić information content (AvgIpc) is 3.34. The molecule has 4 atom stereocenters. The van der Waals surface area contributed by atoms with Gasteiger partial charge in [-0.1, -0.05) is 18.0 Å². The van der Waals surface area contributed by atoms with Gasteiger partial charge in [0, 0.05) is 31.7 Å². The van der Waals surface area contributed by atoms with Crippen molar-refractivity contribution in [3.05, 3.63) is 17.2 Å². The van der Waals surface area contributed by atoms with Gasteiger partial charge in [0.05, 0.1) is 13.7 Å². The standard InChI is InChI=1S/C22H26ClF2N5O/c23-19-17(25)18-15(10-26-19)20(30-7-2-1-4-13-8-16(13)30)28-21(27-18)31-12-22-5-3-6-29(22)11-14(24)9-22/h10,13-14,16H,1-9,11-12H2/t13?,14-,16?,22+/m1/s1/i12D2. The Kier molecular flexibility index (Phi) is 4.21. The molecule has 4 aliphatic rings. The quantitative estimate of drug-likeness (QED) is 0.651. The maximum Gasteiger partial charge on any atom is 0.319 e. The van der Waals surface area contributed by atoms with E-state index in [2.05, 4.69) is 19.9 Å². The Morgan fingerprint density at radius 3 is 3.10 bits per heavy atom. The van der Waals surface area contributed by atoms with Gasteiger partial charge in [0.1, 0.15) is 24.1 Å². The molecular weight excluding hydrogens is 424 g/mol. The molecule has 0 amide bonds. The van der Waals surface area contributed by atoms with Gasteiger partial charge in [-0.25, -0.2) is 13.8 Å². The van der Waals surface area contributed by atoms with Crippen LogP contribution in [-0.2, 0) is 0 Å². The SMILES string of the molecule is [2H]C([2H])(Oc1nc(N2CCCCC3CC32)c2cnc(Cl)c(F)c2n1)[C@@]12CCCN1C[C@H](F)C2. The maximum absolute atomic E-state index is 15.0. The van der Waals surface area contributed by atoms with Crippen molar-refractivity contribution in [3.63, 3.8) is 0 Å². The molecule has 4 fully saturated rings. The van der Waals surface area contributed by atoms with Crippen molar-refractivity contribution < 1.29 is 16.3 Å². The van der Waals surface area contributed by atoms with Crippen LogP contribution in [0.1, 0.15) is 47.7 Å². The fourth-order valence-corrected chi connectivity index (χ4v) is 5.84. The summed E-state index contributed by atoms with van der Waals surface area (Å²) >= 11 is 5.94. The van der Waals surface area contributed by atoms with Gasteiger partial charge in [-0.05, 0) is 44.6 Å². The molecule has 9 heteroatoms. The van der Waals surface area contributed by atoms with Crippen molar-refractivity contribution in [3.8, 4) is 6.01 Å². The summed E-state index contributed by atoms with van der Waals surface area (Å²) in [6, 6.07) is 0.0636. The van der Waals surface area contributed by atoms with Gasteiger partial charge in [0.2, 0.25) is 0 Å². The third-order valence-corrected chi connectivity index (χ3v) is 7.58. The highest BCUT2D eigenvalue weighted by Crippen LogP contribution is 2.45. The lowest BCUT2D eigenvalue weighted by Gasteiger charge is -2.31.